The second-order valence-corrected chi connectivity index (χ2v) is 33.6. The van der Waals surface area contributed by atoms with Gasteiger partial charge in [-0.1, -0.05) is 200 Å². The number of H-pyrrole nitrogens is 2. The molecule has 520 valence electrons. The predicted molar refractivity (Wildman–Crippen MR) is 404 cm³/mol. The molecule has 0 fully saturated rings. The van der Waals surface area contributed by atoms with Gasteiger partial charge in [-0.2, -0.15) is 5.10 Å². The van der Waals surface area contributed by atoms with Crippen molar-refractivity contribution < 1.29 is 23.5 Å². The zero-order chi connectivity index (χ0) is 72.4. The Morgan fingerprint density at radius 2 is 1.08 bits per heavy atom. The van der Waals surface area contributed by atoms with Crippen molar-refractivity contribution in [2.45, 2.75) is 223 Å². The molecule has 0 radical (unpaired) electrons. The first kappa shape index (κ1) is 74.7. The number of ether oxygens (including phenoxy) is 2. The first-order chi connectivity index (χ1) is 45.3. The Kier molecular flexibility index (Phi) is 22.0. The molecule has 0 atom stereocenters. The highest BCUT2D eigenvalue weighted by atomic mass is 16.5. The second kappa shape index (κ2) is 28.8. The minimum atomic E-state index is -0.309. The van der Waals surface area contributed by atoms with Crippen molar-refractivity contribution >= 4 is 56.2 Å². The molecule has 0 saturated heterocycles. The fourth-order valence-electron chi connectivity index (χ4n) is 11.3. The Balaban J connectivity index is 0.000000146. The number of aromatic amines is 2. The second-order valence-electron chi connectivity index (χ2n) is 33.6. The zero-order valence-corrected chi connectivity index (χ0v) is 63.2. The summed E-state index contributed by atoms with van der Waals surface area (Å²) in [5.74, 6) is 2.52. The topological polar surface area (TPSA) is 174 Å². The van der Waals surface area contributed by atoms with Crippen molar-refractivity contribution in [3.8, 4) is 11.5 Å². The average Bonchev–Trinajstić information content (AvgIpc) is 1.59. The Hall–Kier alpha value is -9.04. The van der Waals surface area contributed by atoms with Crippen molar-refractivity contribution in [1.82, 2.24) is 34.1 Å². The van der Waals surface area contributed by atoms with Crippen LogP contribution in [0.2, 0.25) is 0 Å². The highest BCUT2D eigenvalue weighted by Gasteiger charge is 2.26. The molecule has 3 N–H and O–H groups in total. The van der Waals surface area contributed by atoms with Crippen LogP contribution < -0.4 is 20.5 Å². The number of benzene rings is 6. The molecule has 3 aliphatic rings. The van der Waals surface area contributed by atoms with E-state index >= 15 is 0 Å². The number of pyridine rings is 1. The molecule has 0 saturated carbocycles. The molecule has 0 unspecified atom stereocenters. The first-order valence-corrected chi connectivity index (χ1v) is 34.3. The highest BCUT2D eigenvalue weighted by Crippen LogP contribution is 2.35. The Bertz CT molecular complexity index is 4590. The maximum absolute atomic E-state index is 11.3. The molecule has 14 rings (SSSR count). The third-order valence-electron chi connectivity index (χ3n) is 17.8. The summed E-state index contributed by atoms with van der Waals surface area (Å²) in [6.07, 6.45) is 5.51. The van der Waals surface area contributed by atoms with Crippen molar-refractivity contribution in [3.63, 3.8) is 0 Å². The summed E-state index contributed by atoms with van der Waals surface area (Å²) in [5, 5.41) is 8.28. The van der Waals surface area contributed by atoms with Crippen LogP contribution in [0.15, 0.2) is 143 Å². The van der Waals surface area contributed by atoms with E-state index in [0.29, 0.717) is 18.4 Å². The molecular weight excluding hydrogens is 1220 g/mol. The molecule has 5 aromatic heterocycles. The van der Waals surface area contributed by atoms with Gasteiger partial charge in [0.15, 0.2) is 11.2 Å². The lowest BCUT2D eigenvalue weighted by atomic mass is 9.86. The van der Waals surface area contributed by atoms with Crippen LogP contribution in [0.3, 0.4) is 0 Å². The summed E-state index contributed by atoms with van der Waals surface area (Å²) in [6.45, 7) is 53.1. The molecule has 11 aromatic rings. The molecule has 0 bridgehead atoms. The van der Waals surface area contributed by atoms with Crippen LogP contribution in [0.4, 0.5) is 5.69 Å². The fourth-order valence-corrected chi connectivity index (χ4v) is 11.3. The summed E-state index contributed by atoms with van der Waals surface area (Å²) >= 11 is 0. The normalized spacial score (nSPS) is 13.5. The number of fused-ring (bicyclic) bond motifs is 7. The SMILES string of the molecule is CC(C)(C)c1ccc2c(c1)CCO2.CC(C)(C)c1ccc2c(c1)NC(=O)C2.CC(C)(C)c1ccc2c(c1)OC(=O)C2.CC(C)(C)c1cccn2ncnc12.Cc1cc2cc(C(C)(C)C)ccc2[nH]1.Cc1cc2nc(C(C)(C)C)[nH]c2cc1C.Cn1c(=O)oc2ccc(C(C)(C)C)cc21. The van der Waals surface area contributed by atoms with E-state index in [9.17, 15) is 14.4 Å². The van der Waals surface area contributed by atoms with E-state index in [-0.39, 0.29) is 55.5 Å². The van der Waals surface area contributed by atoms with Crippen LogP contribution in [-0.4, -0.2) is 52.6 Å². The molecule has 3 aliphatic heterocycles. The van der Waals surface area contributed by atoms with E-state index in [1.54, 1.807) is 17.9 Å². The van der Waals surface area contributed by atoms with E-state index in [0.717, 1.165) is 69.4 Å². The van der Waals surface area contributed by atoms with Gasteiger partial charge in [0.25, 0.3) is 0 Å². The molecule has 1 amide bonds. The summed E-state index contributed by atoms with van der Waals surface area (Å²) < 4.78 is 19.0. The van der Waals surface area contributed by atoms with Gasteiger partial charge in [-0.3, -0.25) is 14.2 Å². The Morgan fingerprint density at radius 3 is 1.71 bits per heavy atom. The summed E-state index contributed by atoms with van der Waals surface area (Å²) in [4.78, 5) is 49.1. The lowest BCUT2D eigenvalue weighted by Gasteiger charge is -2.19. The van der Waals surface area contributed by atoms with Gasteiger partial charge >= 0.3 is 11.7 Å². The highest BCUT2D eigenvalue weighted by molar-refractivity contribution is 5.99. The number of nitrogens with one attached hydrogen (secondary N) is 3. The van der Waals surface area contributed by atoms with E-state index in [1.807, 2.05) is 48.7 Å². The lowest BCUT2D eigenvalue weighted by molar-refractivity contribution is -0.131. The van der Waals surface area contributed by atoms with Gasteiger partial charge in [0.2, 0.25) is 5.91 Å². The van der Waals surface area contributed by atoms with Gasteiger partial charge in [0.05, 0.1) is 36.0 Å². The van der Waals surface area contributed by atoms with Crippen LogP contribution in [0.1, 0.15) is 218 Å². The predicted octanol–water partition coefficient (Wildman–Crippen LogP) is 19.6. The number of oxazole rings is 1. The van der Waals surface area contributed by atoms with Gasteiger partial charge in [-0.25, -0.2) is 19.3 Å². The zero-order valence-electron chi connectivity index (χ0n) is 63.2. The fraction of sp³-hybridized carbons (Fsp3) is 0.429. The van der Waals surface area contributed by atoms with Crippen molar-refractivity contribution in [3.05, 3.63) is 217 Å². The number of aromatic nitrogens is 7. The number of amides is 1. The summed E-state index contributed by atoms with van der Waals surface area (Å²) in [6, 6.07) is 42.0. The maximum Gasteiger partial charge on any atom is 0.419 e. The molecule has 0 aliphatic carbocycles. The number of anilines is 1. The summed E-state index contributed by atoms with van der Waals surface area (Å²) in [7, 11) is 1.72. The van der Waals surface area contributed by atoms with E-state index in [4.69, 9.17) is 13.9 Å². The van der Waals surface area contributed by atoms with Crippen LogP contribution in [0.25, 0.3) is 38.7 Å². The Labute approximate surface area is 581 Å². The lowest BCUT2D eigenvalue weighted by Crippen LogP contribution is -2.13. The largest absolute Gasteiger partial charge is 0.493 e. The minimum Gasteiger partial charge on any atom is -0.493 e. The van der Waals surface area contributed by atoms with Crippen LogP contribution in [0.5, 0.6) is 11.5 Å². The molecule has 14 nitrogen and oxygen atoms in total. The van der Waals surface area contributed by atoms with Gasteiger partial charge in [-0.05, 0) is 175 Å². The number of carbonyl (C=O) groups excluding carboxylic acids is 2. The van der Waals surface area contributed by atoms with E-state index in [2.05, 4.69) is 275 Å². The van der Waals surface area contributed by atoms with Gasteiger partial charge in [0, 0.05) is 53.1 Å². The number of imidazole rings is 1. The minimum absolute atomic E-state index is 0.0842. The monoisotopic (exact) mass is 1320 g/mol. The smallest absolute Gasteiger partial charge is 0.419 e. The maximum atomic E-state index is 11.3. The van der Waals surface area contributed by atoms with Gasteiger partial charge in [0.1, 0.15) is 23.7 Å². The number of hydrogen-bond donors (Lipinski definition) is 3. The summed E-state index contributed by atoms with van der Waals surface area (Å²) in [5.41, 5.74) is 22.9. The number of carbonyl (C=O) groups is 2. The third-order valence-corrected chi connectivity index (χ3v) is 17.8. The quantitative estimate of drug-likeness (QED) is 0.0986. The van der Waals surface area contributed by atoms with Crippen molar-refractivity contribution in [2.75, 3.05) is 11.9 Å². The molecular formula is C84H108N8O6. The third kappa shape index (κ3) is 19.0. The van der Waals surface area contributed by atoms with E-state index < -0.39 is 0 Å². The number of nitrogens with zero attached hydrogens (tertiary/aromatic N) is 5. The van der Waals surface area contributed by atoms with Gasteiger partial charge < -0.3 is 29.2 Å². The number of aryl methyl sites for hydroxylation is 4. The molecule has 98 heavy (non-hydrogen) atoms. The molecule has 0 spiro atoms. The van der Waals surface area contributed by atoms with Crippen LogP contribution >= 0.6 is 0 Å². The number of esters is 1. The standard InChI is InChI=1S/C13H18N2.C13H17N.C12H15NO2.C12H15NO.C12H14O2.C12H16O.C10H13N3/c1-8-6-10-11(7-9(8)2)15-12(14-10)13(3,4)5;1-9-7-10-8-11(13(2,3)4)5-6-12(10)14-9;1-12(2,3)8-5-6-10-9(7-8)13(4)11(14)15-10;1-12(2,3)9-5-4-8-6-11(14)13-10(8)7-9;1-12(2,3)9-5-4-8-6-11(13)14-10(8)7-9;1-12(2,3)10-4-5-11-9(8-10)6-7-13-11;1-10(2,3)8-5-4-6-13-9(8)11-7-12-13/h6-7H,1-5H3,(H,14,15);5-8,14H,1-4H3;5-7H,1-4H3;4-5,7H,6H2,1-3H3,(H,13,14);4-5,7H,6H2,1-3H3;4-5,8H,6-7H2,1-3H3;4-7H,1-3H3. The molecule has 6 aromatic carbocycles. The van der Waals surface area contributed by atoms with E-state index in [1.165, 1.54) is 71.2 Å². The number of hydrogen-bond acceptors (Lipinski definition) is 9. The van der Waals surface area contributed by atoms with Crippen molar-refractivity contribution in [1.29, 1.82) is 0 Å². The van der Waals surface area contributed by atoms with Crippen molar-refractivity contribution in [2.24, 2.45) is 7.05 Å². The molecule has 8 heterocycles. The average molecular weight is 1330 g/mol. The first-order valence-electron chi connectivity index (χ1n) is 34.3. The Morgan fingerprint density at radius 1 is 0.510 bits per heavy atom. The van der Waals surface area contributed by atoms with Crippen LogP contribution in [-0.2, 0) is 73.8 Å². The van der Waals surface area contributed by atoms with Crippen LogP contribution in [0, 0.1) is 20.8 Å². The molecule has 14 heteroatoms. The van der Waals surface area contributed by atoms with Gasteiger partial charge in [-0.15, -0.1) is 0 Å². The number of rotatable bonds is 0.